The first kappa shape index (κ1) is 6.76. The quantitative estimate of drug-likeness (QED) is 0.580. The van der Waals surface area contributed by atoms with E-state index in [1.54, 1.807) is 18.3 Å². The molecule has 2 nitrogen and oxygen atoms in total. The standard InChI is InChI=1S/C8H8N2/c1-2-8-5-7(6-9)3-4-10-8/h3-5H,2H2,1H3. The first-order valence-electron chi connectivity index (χ1n) is 3.22. The molecule has 0 radical (unpaired) electrons. The zero-order valence-electron chi connectivity index (χ0n) is 5.83. The second-order valence-electron chi connectivity index (χ2n) is 2.00. The molecule has 0 bridgehead atoms. The lowest BCUT2D eigenvalue weighted by Gasteiger charge is -1.92. The fourth-order valence-electron chi connectivity index (χ4n) is 0.741. The van der Waals surface area contributed by atoms with E-state index in [0.717, 1.165) is 12.1 Å². The van der Waals surface area contributed by atoms with Crippen molar-refractivity contribution in [2.24, 2.45) is 0 Å². The van der Waals surface area contributed by atoms with Gasteiger partial charge in [-0.05, 0) is 18.6 Å². The van der Waals surface area contributed by atoms with E-state index in [2.05, 4.69) is 11.1 Å². The second-order valence-corrected chi connectivity index (χ2v) is 2.00. The van der Waals surface area contributed by atoms with Crippen LogP contribution in [0.15, 0.2) is 18.3 Å². The molecule has 0 aliphatic rings. The Bertz CT molecular complexity index is 260. The molecule has 0 N–H and O–H groups in total. The fraction of sp³-hybridized carbons (Fsp3) is 0.250. The molecule has 0 aliphatic heterocycles. The predicted octanol–water partition coefficient (Wildman–Crippen LogP) is 1.52. The Labute approximate surface area is 60.1 Å². The van der Waals surface area contributed by atoms with Crippen LogP contribution in [0.4, 0.5) is 0 Å². The lowest BCUT2D eigenvalue weighted by atomic mass is 10.2. The minimum atomic E-state index is 0.687. The molecule has 0 saturated carbocycles. The summed E-state index contributed by atoms with van der Waals surface area (Å²) in [5.74, 6) is 0. The molecule has 2 heteroatoms. The third kappa shape index (κ3) is 1.32. The first-order valence-corrected chi connectivity index (χ1v) is 3.22. The van der Waals surface area contributed by atoms with E-state index in [4.69, 9.17) is 5.26 Å². The maximum Gasteiger partial charge on any atom is 0.0992 e. The molecule has 0 fully saturated rings. The minimum Gasteiger partial charge on any atom is -0.261 e. The predicted molar refractivity (Wildman–Crippen MR) is 38.3 cm³/mol. The van der Waals surface area contributed by atoms with Crippen LogP contribution in [0.2, 0.25) is 0 Å². The highest BCUT2D eigenvalue weighted by atomic mass is 14.7. The molecule has 10 heavy (non-hydrogen) atoms. The summed E-state index contributed by atoms with van der Waals surface area (Å²) < 4.78 is 0. The Kier molecular flexibility index (Phi) is 2.01. The number of aryl methyl sites for hydroxylation is 1. The van der Waals surface area contributed by atoms with Gasteiger partial charge in [0.1, 0.15) is 0 Å². The van der Waals surface area contributed by atoms with Gasteiger partial charge in [-0.3, -0.25) is 4.98 Å². The number of pyridine rings is 1. The third-order valence-corrected chi connectivity index (χ3v) is 1.31. The van der Waals surface area contributed by atoms with Crippen molar-refractivity contribution in [2.75, 3.05) is 0 Å². The number of hydrogen-bond donors (Lipinski definition) is 0. The molecule has 0 spiro atoms. The number of aromatic nitrogens is 1. The molecule has 0 atom stereocenters. The molecule has 1 aromatic heterocycles. The summed E-state index contributed by atoms with van der Waals surface area (Å²) in [5, 5.41) is 8.48. The van der Waals surface area contributed by atoms with E-state index in [-0.39, 0.29) is 0 Å². The van der Waals surface area contributed by atoms with Crippen molar-refractivity contribution in [1.82, 2.24) is 4.98 Å². The van der Waals surface area contributed by atoms with Gasteiger partial charge >= 0.3 is 0 Å². The molecule has 0 saturated heterocycles. The van der Waals surface area contributed by atoms with Crippen molar-refractivity contribution >= 4 is 0 Å². The van der Waals surface area contributed by atoms with Gasteiger partial charge in [0.05, 0.1) is 11.6 Å². The topological polar surface area (TPSA) is 36.7 Å². The normalized spacial score (nSPS) is 8.80. The summed E-state index contributed by atoms with van der Waals surface area (Å²) in [6, 6.07) is 5.57. The summed E-state index contributed by atoms with van der Waals surface area (Å²) in [4.78, 5) is 4.05. The zero-order valence-corrected chi connectivity index (χ0v) is 5.83. The Morgan fingerprint density at radius 2 is 2.50 bits per heavy atom. The number of nitriles is 1. The lowest BCUT2D eigenvalue weighted by Crippen LogP contribution is -1.85. The average Bonchev–Trinajstić information content (AvgIpc) is 2.05. The van der Waals surface area contributed by atoms with Crippen molar-refractivity contribution in [3.05, 3.63) is 29.6 Å². The van der Waals surface area contributed by atoms with Crippen LogP contribution in [0.5, 0.6) is 0 Å². The maximum atomic E-state index is 8.48. The van der Waals surface area contributed by atoms with Crippen LogP contribution in [-0.2, 0) is 6.42 Å². The number of rotatable bonds is 1. The highest BCUT2D eigenvalue weighted by molar-refractivity contribution is 5.28. The molecule has 0 aromatic carbocycles. The monoisotopic (exact) mass is 132 g/mol. The van der Waals surface area contributed by atoms with E-state index in [1.807, 2.05) is 6.92 Å². The average molecular weight is 132 g/mol. The molecule has 0 unspecified atom stereocenters. The van der Waals surface area contributed by atoms with Crippen molar-refractivity contribution < 1.29 is 0 Å². The highest BCUT2D eigenvalue weighted by Crippen LogP contribution is 1.99. The van der Waals surface area contributed by atoms with Crippen molar-refractivity contribution in [2.45, 2.75) is 13.3 Å². The fourth-order valence-corrected chi connectivity index (χ4v) is 0.741. The SMILES string of the molecule is CCc1cc(C#N)ccn1. The smallest absolute Gasteiger partial charge is 0.0992 e. The molecular weight excluding hydrogens is 124 g/mol. The molecule has 1 rings (SSSR count). The molecule has 0 amide bonds. The Hall–Kier alpha value is -1.36. The summed E-state index contributed by atoms with van der Waals surface area (Å²) in [6.07, 6.45) is 2.55. The summed E-state index contributed by atoms with van der Waals surface area (Å²) >= 11 is 0. The van der Waals surface area contributed by atoms with Crippen LogP contribution < -0.4 is 0 Å². The van der Waals surface area contributed by atoms with Gasteiger partial charge in [0.2, 0.25) is 0 Å². The van der Waals surface area contributed by atoms with Crippen molar-refractivity contribution in [3.8, 4) is 6.07 Å². The van der Waals surface area contributed by atoms with Gasteiger partial charge in [0, 0.05) is 11.9 Å². The van der Waals surface area contributed by atoms with Gasteiger partial charge in [-0.25, -0.2) is 0 Å². The molecular formula is C8H8N2. The zero-order chi connectivity index (χ0) is 7.40. The summed E-state index contributed by atoms with van der Waals surface area (Å²) in [7, 11) is 0. The molecule has 1 aromatic rings. The van der Waals surface area contributed by atoms with Crippen molar-refractivity contribution in [1.29, 1.82) is 5.26 Å². The van der Waals surface area contributed by atoms with Crippen LogP contribution in [0, 0.1) is 11.3 Å². The van der Waals surface area contributed by atoms with Gasteiger partial charge in [0.15, 0.2) is 0 Å². The van der Waals surface area contributed by atoms with E-state index in [0.29, 0.717) is 5.56 Å². The maximum absolute atomic E-state index is 8.48. The second kappa shape index (κ2) is 2.98. The highest BCUT2D eigenvalue weighted by Gasteiger charge is 1.91. The summed E-state index contributed by atoms with van der Waals surface area (Å²) in [6.45, 7) is 2.02. The van der Waals surface area contributed by atoms with Crippen LogP contribution in [0.25, 0.3) is 0 Å². The van der Waals surface area contributed by atoms with E-state index < -0.39 is 0 Å². The van der Waals surface area contributed by atoms with Crippen molar-refractivity contribution in [3.63, 3.8) is 0 Å². The first-order chi connectivity index (χ1) is 4.86. The van der Waals surface area contributed by atoms with Gasteiger partial charge in [-0.1, -0.05) is 6.92 Å². The van der Waals surface area contributed by atoms with Crippen LogP contribution >= 0.6 is 0 Å². The Morgan fingerprint density at radius 3 is 3.10 bits per heavy atom. The van der Waals surface area contributed by atoms with E-state index >= 15 is 0 Å². The van der Waals surface area contributed by atoms with Gasteiger partial charge < -0.3 is 0 Å². The minimum absolute atomic E-state index is 0.687. The van der Waals surface area contributed by atoms with Gasteiger partial charge in [-0.15, -0.1) is 0 Å². The van der Waals surface area contributed by atoms with Crippen LogP contribution in [-0.4, -0.2) is 4.98 Å². The van der Waals surface area contributed by atoms with Crippen LogP contribution in [0.1, 0.15) is 18.2 Å². The number of hydrogen-bond acceptors (Lipinski definition) is 2. The molecule has 50 valence electrons. The largest absolute Gasteiger partial charge is 0.261 e. The molecule has 1 heterocycles. The van der Waals surface area contributed by atoms with Gasteiger partial charge in [-0.2, -0.15) is 5.26 Å². The Balaban J connectivity index is 3.01. The lowest BCUT2D eigenvalue weighted by molar-refractivity contribution is 1.03. The number of nitrogens with zero attached hydrogens (tertiary/aromatic N) is 2. The van der Waals surface area contributed by atoms with E-state index in [1.165, 1.54) is 0 Å². The molecule has 0 aliphatic carbocycles. The van der Waals surface area contributed by atoms with Crippen LogP contribution in [0.3, 0.4) is 0 Å². The van der Waals surface area contributed by atoms with Gasteiger partial charge in [0.25, 0.3) is 0 Å². The Morgan fingerprint density at radius 1 is 1.70 bits per heavy atom. The van der Waals surface area contributed by atoms with E-state index in [9.17, 15) is 0 Å². The summed E-state index contributed by atoms with van der Waals surface area (Å²) in [5.41, 5.74) is 1.66. The third-order valence-electron chi connectivity index (χ3n) is 1.31.